The normalized spacial score (nSPS) is 11.3. The van der Waals surface area contributed by atoms with Gasteiger partial charge in [0.05, 0.1) is 13.1 Å². The Labute approximate surface area is 132 Å². The second-order valence-corrected chi connectivity index (χ2v) is 6.08. The lowest BCUT2D eigenvalue weighted by molar-refractivity contribution is -0.139. The zero-order chi connectivity index (χ0) is 15.4. The number of hydrogen-bond donors (Lipinski definition) is 1. The van der Waals surface area contributed by atoms with Crippen LogP contribution in [-0.4, -0.2) is 28.6 Å². The first-order chi connectivity index (χ1) is 9.95. The summed E-state index contributed by atoms with van der Waals surface area (Å²) < 4.78 is 6.84. The van der Waals surface area contributed by atoms with Crippen molar-refractivity contribution in [2.45, 2.75) is 26.4 Å². The molecule has 0 unspecified atom stereocenters. The van der Waals surface area contributed by atoms with Gasteiger partial charge in [-0.2, -0.15) is 0 Å². The van der Waals surface area contributed by atoms with Crippen molar-refractivity contribution in [1.29, 1.82) is 0 Å². The van der Waals surface area contributed by atoms with Crippen molar-refractivity contribution in [2.24, 2.45) is 0 Å². The average molecular weight is 352 g/mol. The van der Waals surface area contributed by atoms with Gasteiger partial charge in [-0.15, -0.1) is 0 Å². The van der Waals surface area contributed by atoms with Gasteiger partial charge in [0.1, 0.15) is 11.5 Å². The summed E-state index contributed by atoms with van der Waals surface area (Å²) >= 11 is 3.40. The minimum atomic E-state index is -0.830. The van der Waals surface area contributed by atoms with E-state index < -0.39 is 5.97 Å². The van der Waals surface area contributed by atoms with Crippen molar-refractivity contribution < 1.29 is 14.3 Å². The third-order valence-electron chi connectivity index (χ3n) is 3.22. The monoisotopic (exact) mass is 351 g/mol. The number of rotatable bonds is 6. The van der Waals surface area contributed by atoms with Gasteiger partial charge < -0.3 is 9.52 Å². The summed E-state index contributed by atoms with van der Waals surface area (Å²) in [7, 11) is 0. The van der Waals surface area contributed by atoms with E-state index in [0.717, 1.165) is 21.6 Å². The van der Waals surface area contributed by atoms with E-state index in [1.165, 1.54) is 0 Å². The van der Waals surface area contributed by atoms with Crippen LogP contribution in [0.2, 0.25) is 0 Å². The Hall–Kier alpha value is -1.59. The van der Waals surface area contributed by atoms with Crippen molar-refractivity contribution >= 4 is 21.9 Å². The summed E-state index contributed by atoms with van der Waals surface area (Å²) in [5, 5.41) is 8.94. The zero-order valence-corrected chi connectivity index (χ0v) is 13.6. The molecule has 0 saturated carbocycles. The molecule has 2 rings (SSSR count). The van der Waals surface area contributed by atoms with E-state index in [0.29, 0.717) is 6.54 Å². The summed E-state index contributed by atoms with van der Waals surface area (Å²) in [6, 6.07) is 11.8. The number of halogens is 1. The number of furan rings is 1. The van der Waals surface area contributed by atoms with Gasteiger partial charge in [0, 0.05) is 16.1 Å². The summed E-state index contributed by atoms with van der Waals surface area (Å²) in [5.74, 6) is 0.725. The number of carboxylic acid groups (broad SMARTS) is 1. The Morgan fingerprint density at radius 3 is 2.48 bits per heavy atom. The SMILES string of the molecule is CC(C)N(CC(=O)O)Cc1ccc(-c2ccc(Br)cc2)o1. The Morgan fingerprint density at radius 1 is 1.24 bits per heavy atom. The Morgan fingerprint density at radius 2 is 1.90 bits per heavy atom. The van der Waals surface area contributed by atoms with Gasteiger partial charge in [0.15, 0.2) is 0 Å². The molecular weight excluding hydrogens is 334 g/mol. The number of carboxylic acids is 1. The maximum absolute atomic E-state index is 10.9. The largest absolute Gasteiger partial charge is 0.480 e. The van der Waals surface area contributed by atoms with Crippen molar-refractivity contribution in [3.05, 3.63) is 46.6 Å². The van der Waals surface area contributed by atoms with Crippen LogP contribution in [0.5, 0.6) is 0 Å². The van der Waals surface area contributed by atoms with Crippen LogP contribution in [0.3, 0.4) is 0 Å². The summed E-state index contributed by atoms with van der Waals surface area (Å²) in [4.78, 5) is 12.7. The van der Waals surface area contributed by atoms with E-state index in [4.69, 9.17) is 9.52 Å². The van der Waals surface area contributed by atoms with Gasteiger partial charge in [0.2, 0.25) is 0 Å². The molecule has 0 amide bonds. The smallest absolute Gasteiger partial charge is 0.317 e. The lowest BCUT2D eigenvalue weighted by Crippen LogP contribution is -2.34. The van der Waals surface area contributed by atoms with Crippen molar-refractivity contribution in [2.75, 3.05) is 6.54 Å². The van der Waals surface area contributed by atoms with Gasteiger partial charge >= 0.3 is 5.97 Å². The highest BCUT2D eigenvalue weighted by atomic mass is 79.9. The van der Waals surface area contributed by atoms with E-state index in [-0.39, 0.29) is 12.6 Å². The fraction of sp³-hybridized carbons (Fsp3) is 0.312. The molecule has 0 atom stereocenters. The van der Waals surface area contributed by atoms with Crippen molar-refractivity contribution in [1.82, 2.24) is 4.90 Å². The topological polar surface area (TPSA) is 53.7 Å². The van der Waals surface area contributed by atoms with E-state index >= 15 is 0 Å². The second-order valence-electron chi connectivity index (χ2n) is 5.17. The maximum atomic E-state index is 10.9. The highest BCUT2D eigenvalue weighted by Gasteiger charge is 2.16. The average Bonchev–Trinajstić information content (AvgIpc) is 2.87. The molecule has 0 radical (unpaired) electrons. The van der Waals surface area contributed by atoms with Crippen LogP contribution in [0, 0.1) is 0 Å². The Balaban J connectivity index is 2.11. The highest BCUT2D eigenvalue weighted by Crippen LogP contribution is 2.24. The van der Waals surface area contributed by atoms with Gasteiger partial charge in [-0.25, -0.2) is 0 Å². The van der Waals surface area contributed by atoms with E-state index in [1.807, 2.05) is 55.1 Å². The first-order valence-electron chi connectivity index (χ1n) is 6.76. The molecule has 1 heterocycles. The molecule has 0 aliphatic rings. The second kappa shape index (κ2) is 6.91. The molecular formula is C16H18BrNO3. The Kier molecular flexibility index (Phi) is 5.20. The molecule has 0 bridgehead atoms. The van der Waals surface area contributed by atoms with Crippen molar-refractivity contribution in [3.8, 4) is 11.3 Å². The summed E-state index contributed by atoms with van der Waals surface area (Å²) in [6.45, 7) is 4.44. The lowest BCUT2D eigenvalue weighted by Gasteiger charge is -2.23. The van der Waals surface area contributed by atoms with Gasteiger partial charge in [-0.1, -0.05) is 28.1 Å². The maximum Gasteiger partial charge on any atom is 0.317 e. The molecule has 0 aliphatic heterocycles. The molecule has 1 aromatic carbocycles. The molecule has 1 aromatic heterocycles. The van der Waals surface area contributed by atoms with Crippen molar-refractivity contribution in [3.63, 3.8) is 0 Å². The first kappa shape index (κ1) is 15.8. The minimum Gasteiger partial charge on any atom is -0.480 e. The van der Waals surface area contributed by atoms with Crippen LogP contribution >= 0.6 is 15.9 Å². The van der Waals surface area contributed by atoms with Gasteiger partial charge in [-0.3, -0.25) is 9.69 Å². The fourth-order valence-electron chi connectivity index (χ4n) is 2.03. The number of carbonyl (C=O) groups is 1. The molecule has 21 heavy (non-hydrogen) atoms. The number of aliphatic carboxylic acids is 1. The molecule has 0 aliphatic carbocycles. The molecule has 2 aromatic rings. The zero-order valence-electron chi connectivity index (χ0n) is 12.0. The third kappa shape index (κ3) is 4.44. The van der Waals surface area contributed by atoms with E-state index in [9.17, 15) is 4.79 Å². The highest BCUT2D eigenvalue weighted by molar-refractivity contribution is 9.10. The standard InChI is InChI=1S/C16H18BrNO3/c1-11(2)18(10-16(19)20)9-14-7-8-15(21-14)12-3-5-13(17)6-4-12/h3-8,11H,9-10H2,1-2H3,(H,19,20). The molecule has 4 nitrogen and oxygen atoms in total. The predicted molar refractivity (Wildman–Crippen MR) is 85.0 cm³/mol. The quantitative estimate of drug-likeness (QED) is 0.854. The van der Waals surface area contributed by atoms with Crippen LogP contribution in [0.25, 0.3) is 11.3 Å². The number of nitrogens with zero attached hydrogens (tertiary/aromatic N) is 1. The molecule has 112 valence electrons. The number of hydrogen-bond acceptors (Lipinski definition) is 3. The first-order valence-corrected chi connectivity index (χ1v) is 7.55. The third-order valence-corrected chi connectivity index (χ3v) is 3.75. The van der Waals surface area contributed by atoms with E-state index in [1.54, 1.807) is 0 Å². The molecule has 5 heteroatoms. The summed E-state index contributed by atoms with van der Waals surface area (Å²) in [5.41, 5.74) is 0.999. The molecule has 0 saturated heterocycles. The number of benzene rings is 1. The Bertz CT molecular complexity index is 604. The van der Waals surface area contributed by atoms with E-state index in [2.05, 4.69) is 15.9 Å². The van der Waals surface area contributed by atoms with Crippen LogP contribution < -0.4 is 0 Å². The molecule has 0 spiro atoms. The van der Waals surface area contributed by atoms with Crippen LogP contribution in [0.4, 0.5) is 0 Å². The molecule has 0 fully saturated rings. The van der Waals surface area contributed by atoms with Gasteiger partial charge in [-0.05, 0) is 38.1 Å². The predicted octanol–water partition coefficient (Wildman–Crippen LogP) is 4.00. The molecule has 1 N–H and O–H groups in total. The fourth-order valence-corrected chi connectivity index (χ4v) is 2.29. The van der Waals surface area contributed by atoms with Crippen LogP contribution in [0.1, 0.15) is 19.6 Å². The lowest BCUT2D eigenvalue weighted by atomic mass is 10.2. The summed E-state index contributed by atoms with van der Waals surface area (Å²) in [6.07, 6.45) is 0. The van der Waals surface area contributed by atoms with Crippen LogP contribution in [-0.2, 0) is 11.3 Å². The minimum absolute atomic E-state index is 0.00594. The van der Waals surface area contributed by atoms with Crippen LogP contribution in [0.15, 0.2) is 45.3 Å². The van der Waals surface area contributed by atoms with Gasteiger partial charge in [0.25, 0.3) is 0 Å².